The molecule has 3 heteroatoms. The largest absolute Gasteiger partial charge is 0.370 e. The molecule has 20 heavy (non-hydrogen) atoms. The normalized spacial score (nSPS) is 20.9. The maximum absolute atomic E-state index is 2.63. The van der Waals surface area contributed by atoms with Crippen LogP contribution >= 0.6 is 0 Å². The third kappa shape index (κ3) is 3.15. The number of rotatable bonds is 4. The first-order valence-corrected chi connectivity index (χ1v) is 8.14. The Kier molecular flexibility index (Phi) is 4.58. The third-order valence-electron chi connectivity index (χ3n) is 4.80. The van der Waals surface area contributed by atoms with Crippen LogP contribution in [0.15, 0.2) is 24.3 Å². The summed E-state index contributed by atoms with van der Waals surface area (Å²) in [4.78, 5) is 7.76. The van der Waals surface area contributed by atoms with Crippen LogP contribution in [0.3, 0.4) is 0 Å². The molecule has 2 heterocycles. The van der Waals surface area contributed by atoms with E-state index in [9.17, 15) is 0 Å². The molecule has 110 valence electrons. The number of benzene rings is 1. The van der Waals surface area contributed by atoms with Crippen LogP contribution in [-0.4, -0.2) is 62.2 Å². The first-order valence-electron chi connectivity index (χ1n) is 8.14. The lowest BCUT2D eigenvalue weighted by molar-refractivity contribution is 0.139. The Morgan fingerprint density at radius 1 is 0.900 bits per heavy atom. The van der Waals surface area contributed by atoms with Crippen LogP contribution in [0, 0.1) is 0 Å². The van der Waals surface area contributed by atoms with Gasteiger partial charge in [-0.05, 0) is 31.0 Å². The van der Waals surface area contributed by atoms with Crippen molar-refractivity contribution in [3.63, 3.8) is 0 Å². The Hall–Kier alpha value is -1.06. The van der Waals surface area contributed by atoms with Gasteiger partial charge in [0.15, 0.2) is 0 Å². The highest BCUT2D eigenvalue weighted by molar-refractivity contribution is 5.55. The molecule has 1 aromatic carbocycles. The van der Waals surface area contributed by atoms with Gasteiger partial charge in [-0.25, -0.2) is 0 Å². The standard InChI is InChI=1S/C17H27N3/c1-2-18-10-12-19(13-11-18)14-15-20-9-5-7-16-6-3-4-8-17(16)20/h3-4,6,8H,2,5,7,9-15H2,1H3. The van der Waals surface area contributed by atoms with Gasteiger partial charge in [-0.3, -0.25) is 4.90 Å². The van der Waals surface area contributed by atoms with E-state index in [0.29, 0.717) is 0 Å². The van der Waals surface area contributed by atoms with Gasteiger partial charge in [0, 0.05) is 51.5 Å². The Balaban J connectivity index is 1.52. The Morgan fingerprint density at radius 3 is 2.45 bits per heavy atom. The fourth-order valence-electron chi connectivity index (χ4n) is 3.44. The quantitative estimate of drug-likeness (QED) is 0.831. The van der Waals surface area contributed by atoms with E-state index in [1.54, 1.807) is 0 Å². The van der Waals surface area contributed by atoms with Crippen molar-refractivity contribution in [2.45, 2.75) is 19.8 Å². The summed E-state index contributed by atoms with van der Waals surface area (Å²) in [5, 5.41) is 0. The fourth-order valence-corrected chi connectivity index (χ4v) is 3.44. The van der Waals surface area contributed by atoms with E-state index in [2.05, 4.69) is 45.9 Å². The van der Waals surface area contributed by atoms with Crippen LogP contribution in [-0.2, 0) is 6.42 Å². The summed E-state index contributed by atoms with van der Waals surface area (Å²) < 4.78 is 0. The molecule has 2 aliphatic heterocycles. The van der Waals surface area contributed by atoms with Crippen molar-refractivity contribution >= 4 is 5.69 Å². The molecule has 0 aromatic heterocycles. The second-order valence-corrected chi connectivity index (χ2v) is 6.00. The summed E-state index contributed by atoms with van der Waals surface area (Å²) in [7, 11) is 0. The molecule has 0 unspecified atom stereocenters. The fraction of sp³-hybridized carbons (Fsp3) is 0.647. The van der Waals surface area contributed by atoms with Crippen LogP contribution < -0.4 is 4.90 Å². The molecular formula is C17H27N3. The number of nitrogens with zero attached hydrogens (tertiary/aromatic N) is 3. The van der Waals surface area contributed by atoms with Gasteiger partial charge in [-0.15, -0.1) is 0 Å². The predicted octanol–water partition coefficient (Wildman–Crippen LogP) is 2.08. The molecule has 0 bridgehead atoms. The van der Waals surface area contributed by atoms with Gasteiger partial charge >= 0.3 is 0 Å². The molecule has 2 aliphatic rings. The molecule has 0 spiro atoms. The zero-order valence-corrected chi connectivity index (χ0v) is 12.7. The summed E-state index contributed by atoms with van der Waals surface area (Å²) in [5.41, 5.74) is 3.01. The first kappa shape index (κ1) is 13.9. The second-order valence-electron chi connectivity index (χ2n) is 6.00. The van der Waals surface area contributed by atoms with Gasteiger partial charge in [-0.2, -0.15) is 0 Å². The zero-order valence-electron chi connectivity index (χ0n) is 12.7. The van der Waals surface area contributed by atoms with E-state index in [1.165, 1.54) is 76.5 Å². The number of fused-ring (bicyclic) bond motifs is 1. The van der Waals surface area contributed by atoms with Crippen molar-refractivity contribution in [1.29, 1.82) is 0 Å². The van der Waals surface area contributed by atoms with Crippen LogP contribution in [0.2, 0.25) is 0 Å². The molecule has 0 radical (unpaired) electrons. The van der Waals surface area contributed by atoms with Crippen molar-refractivity contribution in [2.75, 3.05) is 57.3 Å². The average Bonchev–Trinajstić information content (AvgIpc) is 2.53. The molecule has 1 saturated heterocycles. The average molecular weight is 273 g/mol. The Morgan fingerprint density at radius 2 is 1.65 bits per heavy atom. The van der Waals surface area contributed by atoms with Gasteiger partial charge in [0.05, 0.1) is 0 Å². The van der Waals surface area contributed by atoms with E-state index < -0.39 is 0 Å². The van der Waals surface area contributed by atoms with Crippen molar-refractivity contribution in [1.82, 2.24) is 9.80 Å². The maximum atomic E-state index is 2.63. The van der Waals surface area contributed by atoms with E-state index in [1.807, 2.05) is 0 Å². The van der Waals surface area contributed by atoms with Gasteiger partial charge in [-0.1, -0.05) is 25.1 Å². The van der Waals surface area contributed by atoms with E-state index >= 15 is 0 Å². The molecule has 1 aromatic rings. The molecule has 1 fully saturated rings. The topological polar surface area (TPSA) is 9.72 Å². The summed E-state index contributed by atoms with van der Waals surface area (Å²) in [6.45, 7) is 12.1. The number of anilines is 1. The minimum absolute atomic E-state index is 1.18. The van der Waals surface area contributed by atoms with Crippen LogP contribution in [0.25, 0.3) is 0 Å². The lowest BCUT2D eigenvalue weighted by atomic mass is 10.0. The van der Waals surface area contributed by atoms with Gasteiger partial charge < -0.3 is 9.80 Å². The molecule has 0 N–H and O–H groups in total. The van der Waals surface area contributed by atoms with E-state index in [0.717, 1.165) is 0 Å². The third-order valence-corrected chi connectivity index (χ3v) is 4.80. The van der Waals surface area contributed by atoms with Crippen LogP contribution in [0.4, 0.5) is 5.69 Å². The maximum Gasteiger partial charge on any atom is 0.0399 e. The van der Waals surface area contributed by atoms with Crippen LogP contribution in [0.1, 0.15) is 18.9 Å². The molecule has 3 rings (SSSR count). The SMILES string of the molecule is CCN1CCN(CCN2CCCc3ccccc32)CC1. The molecule has 0 aliphatic carbocycles. The number of aryl methyl sites for hydroxylation is 1. The van der Waals surface area contributed by atoms with E-state index in [4.69, 9.17) is 0 Å². The van der Waals surface area contributed by atoms with Gasteiger partial charge in [0.1, 0.15) is 0 Å². The monoisotopic (exact) mass is 273 g/mol. The predicted molar refractivity (Wildman–Crippen MR) is 85.5 cm³/mol. The van der Waals surface area contributed by atoms with Crippen molar-refractivity contribution in [3.8, 4) is 0 Å². The smallest absolute Gasteiger partial charge is 0.0399 e. The minimum Gasteiger partial charge on any atom is -0.370 e. The number of para-hydroxylation sites is 1. The highest BCUT2D eigenvalue weighted by Gasteiger charge is 2.19. The lowest BCUT2D eigenvalue weighted by Crippen LogP contribution is -2.48. The number of likely N-dealkylation sites (N-methyl/N-ethyl adjacent to an activating group) is 1. The minimum atomic E-state index is 1.18. The summed E-state index contributed by atoms with van der Waals surface area (Å²) in [5.74, 6) is 0. The van der Waals surface area contributed by atoms with Crippen LogP contribution in [0.5, 0.6) is 0 Å². The Labute approximate surface area is 123 Å². The highest BCUT2D eigenvalue weighted by atomic mass is 15.3. The molecule has 0 saturated carbocycles. The second kappa shape index (κ2) is 6.59. The zero-order chi connectivity index (χ0) is 13.8. The molecule has 3 nitrogen and oxygen atoms in total. The molecule has 0 atom stereocenters. The number of hydrogen-bond donors (Lipinski definition) is 0. The summed E-state index contributed by atoms with van der Waals surface area (Å²) >= 11 is 0. The molecular weight excluding hydrogens is 246 g/mol. The molecule has 0 amide bonds. The lowest BCUT2D eigenvalue weighted by Gasteiger charge is -2.37. The highest BCUT2D eigenvalue weighted by Crippen LogP contribution is 2.26. The van der Waals surface area contributed by atoms with Crippen molar-refractivity contribution in [3.05, 3.63) is 29.8 Å². The first-order chi connectivity index (χ1) is 9.86. The number of hydrogen-bond acceptors (Lipinski definition) is 3. The number of piperazine rings is 1. The van der Waals surface area contributed by atoms with Gasteiger partial charge in [0.25, 0.3) is 0 Å². The van der Waals surface area contributed by atoms with Crippen molar-refractivity contribution in [2.24, 2.45) is 0 Å². The van der Waals surface area contributed by atoms with E-state index in [-0.39, 0.29) is 0 Å². The summed E-state index contributed by atoms with van der Waals surface area (Å²) in [6.07, 6.45) is 2.56. The summed E-state index contributed by atoms with van der Waals surface area (Å²) in [6, 6.07) is 8.94. The van der Waals surface area contributed by atoms with Gasteiger partial charge in [0.2, 0.25) is 0 Å². The Bertz CT molecular complexity index is 424. The van der Waals surface area contributed by atoms with Crippen molar-refractivity contribution < 1.29 is 0 Å².